The molecule has 0 saturated heterocycles. The number of fused-ring (bicyclic) bond motifs is 2. The number of thiophene rings is 1. The number of ether oxygens (including phenoxy) is 1. The second-order valence-corrected chi connectivity index (χ2v) is 7.68. The van der Waals surface area contributed by atoms with Crippen LogP contribution in [0, 0.1) is 6.92 Å². The minimum atomic E-state index is -1.12. The first-order valence-corrected chi connectivity index (χ1v) is 9.81. The van der Waals surface area contributed by atoms with Crippen molar-refractivity contribution in [1.82, 2.24) is 14.9 Å². The van der Waals surface area contributed by atoms with Gasteiger partial charge in [0.25, 0.3) is 11.5 Å². The summed E-state index contributed by atoms with van der Waals surface area (Å²) in [4.78, 5) is 42.5. The summed E-state index contributed by atoms with van der Waals surface area (Å²) in [5.41, 5.74) is 0.444. The van der Waals surface area contributed by atoms with Crippen molar-refractivity contribution in [2.24, 2.45) is 0 Å². The van der Waals surface area contributed by atoms with E-state index in [4.69, 9.17) is 4.74 Å². The van der Waals surface area contributed by atoms with E-state index in [1.807, 2.05) is 0 Å². The minimum Gasteiger partial charge on any atom is -0.480 e. The smallest absolute Gasteiger partial charge is 0.326 e. The average molecular weight is 393 g/mol. The lowest BCUT2D eigenvalue weighted by atomic mass is 10.1. The Morgan fingerprint density at radius 2 is 2.15 bits per heavy atom. The Balaban J connectivity index is 1.97. The Morgan fingerprint density at radius 3 is 2.85 bits per heavy atom. The summed E-state index contributed by atoms with van der Waals surface area (Å²) < 4.78 is 6.62. The van der Waals surface area contributed by atoms with Crippen molar-refractivity contribution in [2.75, 3.05) is 13.7 Å². The first-order valence-electron chi connectivity index (χ1n) is 8.99. The molecule has 0 fully saturated rings. The van der Waals surface area contributed by atoms with Crippen LogP contribution >= 0.6 is 11.3 Å². The molecule has 1 aliphatic rings. The van der Waals surface area contributed by atoms with Gasteiger partial charge in [0, 0.05) is 33.1 Å². The number of nitrogens with one attached hydrogen (secondary N) is 1. The third-order valence-electron chi connectivity index (χ3n) is 4.83. The van der Waals surface area contributed by atoms with Crippen LogP contribution in [0.2, 0.25) is 0 Å². The van der Waals surface area contributed by atoms with Crippen LogP contribution in [0.3, 0.4) is 0 Å². The highest BCUT2D eigenvalue weighted by Crippen LogP contribution is 2.28. The van der Waals surface area contributed by atoms with Crippen LogP contribution in [0.25, 0.3) is 10.2 Å². The molecule has 0 saturated carbocycles. The lowest BCUT2D eigenvalue weighted by molar-refractivity contribution is -0.139. The van der Waals surface area contributed by atoms with Crippen molar-refractivity contribution in [3.63, 3.8) is 0 Å². The van der Waals surface area contributed by atoms with Crippen molar-refractivity contribution in [1.29, 1.82) is 0 Å². The molecular weight excluding hydrogens is 370 g/mol. The molecule has 3 heterocycles. The second-order valence-electron chi connectivity index (χ2n) is 6.68. The Bertz CT molecular complexity index is 933. The first kappa shape index (κ1) is 19.5. The van der Waals surface area contributed by atoms with Gasteiger partial charge < -0.3 is 15.2 Å². The predicted octanol–water partition coefficient (Wildman–Crippen LogP) is 1.71. The number of hydrogen-bond acceptors (Lipinski definition) is 6. The van der Waals surface area contributed by atoms with Crippen LogP contribution in [0.1, 0.15) is 46.7 Å². The van der Waals surface area contributed by atoms with Crippen molar-refractivity contribution in [3.8, 4) is 0 Å². The molecule has 3 rings (SSSR count). The van der Waals surface area contributed by atoms with Gasteiger partial charge in [-0.25, -0.2) is 9.78 Å². The quantitative estimate of drug-likeness (QED) is 0.773. The number of amides is 1. The van der Waals surface area contributed by atoms with Gasteiger partial charge in [-0.05, 0) is 25.3 Å². The van der Waals surface area contributed by atoms with E-state index in [0.717, 1.165) is 42.8 Å². The summed E-state index contributed by atoms with van der Waals surface area (Å²) in [5, 5.41) is 12.3. The van der Waals surface area contributed by atoms with Crippen molar-refractivity contribution in [3.05, 3.63) is 26.6 Å². The van der Waals surface area contributed by atoms with Gasteiger partial charge in [-0.15, -0.1) is 11.3 Å². The van der Waals surface area contributed by atoms with Crippen molar-refractivity contribution in [2.45, 2.75) is 51.6 Å². The molecule has 0 aromatic carbocycles. The highest BCUT2D eigenvalue weighted by molar-refractivity contribution is 7.20. The maximum Gasteiger partial charge on any atom is 0.326 e. The molecule has 1 aliphatic heterocycles. The predicted molar refractivity (Wildman–Crippen MR) is 102 cm³/mol. The van der Waals surface area contributed by atoms with E-state index >= 15 is 0 Å². The fraction of sp³-hybridized carbons (Fsp3) is 0.556. The van der Waals surface area contributed by atoms with Gasteiger partial charge in [0.2, 0.25) is 0 Å². The summed E-state index contributed by atoms with van der Waals surface area (Å²) in [6, 6.07) is -1.05. The molecule has 0 spiro atoms. The zero-order valence-corrected chi connectivity index (χ0v) is 16.2. The van der Waals surface area contributed by atoms with E-state index in [1.165, 1.54) is 7.11 Å². The van der Waals surface area contributed by atoms with Gasteiger partial charge in [0.1, 0.15) is 16.7 Å². The molecular formula is C18H23N3O5S. The first-order chi connectivity index (χ1) is 12.9. The van der Waals surface area contributed by atoms with Crippen LogP contribution in [-0.4, -0.2) is 46.3 Å². The zero-order chi connectivity index (χ0) is 19.6. The normalized spacial score (nSPS) is 15.2. The number of nitrogens with zero attached hydrogens (tertiary/aromatic N) is 2. The van der Waals surface area contributed by atoms with Gasteiger partial charge in [0.15, 0.2) is 0 Å². The maximum absolute atomic E-state index is 12.9. The van der Waals surface area contributed by atoms with Gasteiger partial charge in [0.05, 0.1) is 10.3 Å². The second kappa shape index (κ2) is 8.18. The Hall–Kier alpha value is -2.26. The van der Waals surface area contributed by atoms with E-state index in [0.29, 0.717) is 27.2 Å². The molecule has 146 valence electrons. The highest BCUT2D eigenvalue weighted by Gasteiger charge is 2.25. The lowest BCUT2D eigenvalue weighted by Crippen LogP contribution is -2.41. The van der Waals surface area contributed by atoms with E-state index in [2.05, 4.69) is 10.3 Å². The summed E-state index contributed by atoms with van der Waals surface area (Å²) in [7, 11) is 1.47. The molecule has 9 heteroatoms. The number of carboxylic acids is 1. The van der Waals surface area contributed by atoms with Gasteiger partial charge in [-0.2, -0.15) is 0 Å². The molecule has 0 bridgehead atoms. The number of aromatic nitrogens is 2. The van der Waals surface area contributed by atoms with Gasteiger partial charge >= 0.3 is 5.97 Å². The number of rotatable bonds is 6. The zero-order valence-electron chi connectivity index (χ0n) is 15.4. The SMILES string of the molecule is COCCC(NC(=O)c1sc2nc3n(c(=O)c2c1C)CCCCC3)C(=O)O. The summed E-state index contributed by atoms with van der Waals surface area (Å²) in [5.74, 6) is -0.857. The van der Waals surface area contributed by atoms with E-state index < -0.39 is 17.9 Å². The number of methoxy groups -OCH3 is 1. The summed E-state index contributed by atoms with van der Waals surface area (Å²) in [6.07, 6.45) is 3.92. The van der Waals surface area contributed by atoms with Gasteiger partial charge in [-0.3, -0.25) is 14.2 Å². The van der Waals surface area contributed by atoms with Gasteiger partial charge in [-0.1, -0.05) is 6.42 Å². The van der Waals surface area contributed by atoms with Crippen LogP contribution in [0.15, 0.2) is 4.79 Å². The molecule has 2 aromatic heterocycles. The van der Waals surface area contributed by atoms with E-state index in [1.54, 1.807) is 11.5 Å². The van der Waals surface area contributed by atoms with E-state index in [-0.39, 0.29) is 18.6 Å². The number of hydrogen-bond donors (Lipinski definition) is 2. The van der Waals surface area contributed by atoms with Crippen LogP contribution in [0.4, 0.5) is 0 Å². The summed E-state index contributed by atoms with van der Waals surface area (Å²) >= 11 is 1.14. The fourth-order valence-electron chi connectivity index (χ4n) is 3.34. The maximum atomic E-state index is 12.9. The highest BCUT2D eigenvalue weighted by atomic mass is 32.1. The number of aryl methyl sites for hydroxylation is 2. The fourth-order valence-corrected chi connectivity index (χ4v) is 4.44. The Kier molecular flexibility index (Phi) is 5.91. The number of carbonyl (C=O) groups is 2. The average Bonchev–Trinajstić information content (AvgIpc) is 2.80. The third kappa shape index (κ3) is 3.89. The third-order valence-corrected chi connectivity index (χ3v) is 6.02. The minimum absolute atomic E-state index is 0.112. The number of aliphatic carboxylic acids is 1. The molecule has 1 unspecified atom stereocenters. The van der Waals surface area contributed by atoms with Crippen molar-refractivity contribution < 1.29 is 19.4 Å². The number of carboxylic acid groups (broad SMARTS) is 1. The monoisotopic (exact) mass is 393 g/mol. The largest absolute Gasteiger partial charge is 0.480 e. The Morgan fingerprint density at radius 1 is 1.37 bits per heavy atom. The van der Waals surface area contributed by atoms with Crippen LogP contribution < -0.4 is 10.9 Å². The molecule has 0 aliphatic carbocycles. The van der Waals surface area contributed by atoms with Crippen molar-refractivity contribution >= 4 is 33.4 Å². The molecule has 8 nitrogen and oxygen atoms in total. The standard InChI is InChI=1S/C18H23N3O5S/c1-10-13-16(20-12-6-4-3-5-8-21(12)17(13)23)27-14(10)15(22)19-11(18(24)25)7-9-26-2/h11H,3-9H2,1-2H3,(H,19,22)(H,24,25). The molecule has 1 atom stereocenters. The Labute approximate surface area is 160 Å². The van der Waals surface area contributed by atoms with Crippen LogP contribution in [0.5, 0.6) is 0 Å². The molecule has 0 radical (unpaired) electrons. The topological polar surface area (TPSA) is 111 Å². The van der Waals surface area contributed by atoms with E-state index in [9.17, 15) is 19.5 Å². The summed E-state index contributed by atoms with van der Waals surface area (Å²) in [6.45, 7) is 2.58. The molecule has 2 N–H and O–H groups in total. The molecule has 27 heavy (non-hydrogen) atoms. The molecule has 2 aromatic rings. The van der Waals surface area contributed by atoms with Crippen LogP contribution in [-0.2, 0) is 22.5 Å². The lowest BCUT2D eigenvalue weighted by Gasteiger charge is -2.13. The molecule has 1 amide bonds. The number of carbonyl (C=O) groups excluding carboxylic acids is 1.